The van der Waals surface area contributed by atoms with Crippen LogP contribution in [0.5, 0.6) is 5.75 Å². The van der Waals surface area contributed by atoms with Gasteiger partial charge in [0.25, 0.3) is 5.91 Å². The van der Waals surface area contributed by atoms with Crippen LogP contribution in [0.25, 0.3) is 10.2 Å². The van der Waals surface area contributed by atoms with E-state index >= 15 is 0 Å². The first-order valence-corrected chi connectivity index (χ1v) is 11.9. The van der Waals surface area contributed by atoms with Gasteiger partial charge < -0.3 is 9.64 Å². The van der Waals surface area contributed by atoms with Crippen molar-refractivity contribution in [2.75, 3.05) is 39.2 Å². The maximum absolute atomic E-state index is 13.5. The van der Waals surface area contributed by atoms with E-state index < -0.39 is 0 Å². The Balaban J connectivity index is 0.00000342. The van der Waals surface area contributed by atoms with Gasteiger partial charge >= 0.3 is 0 Å². The fourth-order valence-corrected chi connectivity index (χ4v) is 4.66. The number of carbonyl (C=O) groups excluding carboxylic acids is 2. The molecular weight excluding hydrogens is 482 g/mol. The standard InChI is InChI=1S/C27H27N3O3S.ClH/c1-29(2)16-7-17-30(27-28-23-15-14-22(33-3)18-24(23)34-27)26(32)21-12-10-20(11-13-21)25(31)19-8-5-4-6-9-19;/h4-6,8-15,18H,7,16-17H2,1-3H3;1H. The molecule has 0 bridgehead atoms. The lowest BCUT2D eigenvalue weighted by atomic mass is 10.0. The second-order valence-electron chi connectivity index (χ2n) is 8.22. The number of hydrogen-bond donors (Lipinski definition) is 0. The van der Waals surface area contributed by atoms with Crippen LogP contribution in [0.4, 0.5) is 5.13 Å². The number of aromatic nitrogens is 1. The Morgan fingerprint density at radius 1 is 0.886 bits per heavy atom. The van der Waals surface area contributed by atoms with Gasteiger partial charge in [0.2, 0.25) is 0 Å². The zero-order valence-corrected chi connectivity index (χ0v) is 21.6. The minimum Gasteiger partial charge on any atom is -0.497 e. The van der Waals surface area contributed by atoms with E-state index in [1.165, 1.54) is 11.3 Å². The Labute approximate surface area is 215 Å². The molecule has 35 heavy (non-hydrogen) atoms. The zero-order valence-electron chi connectivity index (χ0n) is 19.9. The van der Waals surface area contributed by atoms with Crippen LogP contribution in [-0.4, -0.2) is 55.9 Å². The van der Waals surface area contributed by atoms with Gasteiger partial charge in [-0.25, -0.2) is 4.98 Å². The summed E-state index contributed by atoms with van der Waals surface area (Å²) in [7, 11) is 5.66. The van der Waals surface area contributed by atoms with E-state index in [2.05, 4.69) is 4.90 Å². The fraction of sp³-hybridized carbons (Fsp3) is 0.222. The Kier molecular flexibility index (Phi) is 8.98. The lowest BCUT2D eigenvalue weighted by molar-refractivity contribution is 0.0983. The third kappa shape index (κ3) is 6.25. The van der Waals surface area contributed by atoms with E-state index in [4.69, 9.17) is 9.72 Å². The highest BCUT2D eigenvalue weighted by molar-refractivity contribution is 7.22. The Morgan fingerprint density at radius 3 is 2.20 bits per heavy atom. The number of carbonyl (C=O) groups is 2. The second-order valence-corrected chi connectivity index (χ2v) is 9.23. The first kappa shape index (κ1) is 26.3. The molecule has 182 valence electrons. The van der Waals surface area contributed by atoms with Crippen LogP contribution in [-0.2, 0) is 0 Å². The number of nitrogens with zero attached hydrogens (tertiary/aromatic N) is 3. The van der Waals surface area contributed by atoms with Crippen LogP contribution in [0.1, 0.15) is 32.7 Å². The van der Waals surface area contributed by atoms with E-state index in [1.807, 2.05) is 50.5 Å². The number of hydrogen-bond acceptors (Lipinski definition) is 6. The number of thiazole rings is 1. The van der Waals surface area contributed by atoms with Gasteiger partial charge in [-0.2, -0.15) is 0 Å². The molecule has 0 unspecified atom stereocenters. The number of amides is 1. The molecule has 6 nitrogen and oxygen atoms in total. The molecule has 0 spiro atoms. The average Bonchev–Trinajstić information content (AvgIpc) is 3.29. The van der Waals surface area contributed by atoms with Crippen molar-refractivity contribution in [1.82, 2.24) is 9.88 Å². The van der Waals surface area contributed by atoms with Gasteiger partial charge in [0.05, 0.1) is 17.3 Å². The molecule has 1 aromatic heterocycles. The molecule has 0 aliphatic carbocycles. The van der Waals surface area contributed by atoms with Crippen molar-refractivity contribution in [3.63, 3.8) is 0 Å². The SMILES string of the molecule is COc1ccc2nc(N(CCCN(C)C)C(=O)c3ccc(C(=O)c4ccccc4)cc3)sc2c1.Cl. The summed E-state index contributed by atoms with van der Waals surface area (Å²) in [5.41, 5.74) is 2.52. The number of benzene rings is 3. The van der Waals surface area contributed by atoms with E-state index in [-0.39, 0.29) is 24.1 Å². The van der Waals surface area contributed by atoms with Crippen molar-refractivity contribution < 1.29 is 14.3 Å². The minimum absolute atomic E-state index is 0. The Morgan fingerprint density at radius 2 is 1.54 bits per heavy atom. The molecular formula is C27H28ClN3O3S. The molecule has 0 aliphatic heterocycles. The molecule has 0 saturated heterocycles. The molecule has 8 heteroatoms. The fourth-order valence-electron chi connectivity index (χ4n) is 3.64. The molecule has 0 aliphatic rings. The summed E-state index contributed by atoms with van der Waals surface area (Å²) in [5.74, 6) is 0.554. The van der Waals surface area contributed by atoms with E-state index in [0.29, 0.717) is 28.4 Å². The molecule has 1 heterocycles. The van der Waals surface area contributed by atoms with Crippen LogP contribution < -0.4 is 9.64 Å². The van der Waals surface area contributed by atoms with Crippen molar-refractivity contribution in [2.45, 2.75) is 6.42 Å². The van der Waals surface area contributed by atoms with E-state index in [0.717, 1.165) is 28.9 Å². The number of ketones is 1. The summed E-state index contributed by atoms with van der Waals surface area (Å²) in [6.45, 7) is 1.39. The molecule has 0 saturated carbocycles. The molecule has 0 fully saturated rings. The van der Waals surface area contributed by atoms with E-state index in [9.17, 15) is 9.59 Å². The van der Waals surface area contributed by atoms with Gasteiger partial charge in [0.15, 0.2) is 10.9 Å². The molecule has 3 aromatic carbocycles. The molecule has 0 radical (unpaired) electrons. The highest BCUT2D eigenvalue weighted by Gasteiger charge is 2.22. The molecule has 4 aromatic rings. The molecule has 0 atom stereocenters. The van der Waals surface area contributed by atoms with Crippen molar-refractivity contribution in [3.8, 4) is 5.75 Å². The normalized spacial score (nSPS) is 10.7. The topological polar surface area (TPSA) is 62.7 Å². The summed E-state index contributed by atoms with van der Waals surface area (Å²) >= 11 is 1.47. The first-order valence-electron chi connectivity index (χ1n) is 11.1. The molecule has 4 rings (SSSR count). The number of anilines is 1. The largest absolute Gasteiger partial charge is 0.497 e. The number of ether oxygens (including phenoxy) is 1. The Hall–Kier alpha value is -3.26. The summed E-state index contributed by atoms with van der Waals surface area (Å²) in [5, 5.41) is 0.649. The van der Waals surface area contributed by atoms with Gasteiger partial charge in [-0.05, 0) is 57.4 Å². The van der Waals surface area contributed by atoms with Crippen molar-refractivity contribution in [1.29, 1.82) is 0 Å². The van der Waals surface area contributed by atoms with Crippen molar-refractivity contribution >= 4 is 50.8 Å². The number of fused-ring (bicyclic) bond motifs is 1. The maximum atomic E-state index is 13.5. The minimum atomic E-state index is -0.136. The van der Waals surface area contributed by atoms with Gasteiger partial charge in [-0.15, -0.1) is 12.4 Å². The van der Waals surface area contributed by atoms with Crippen LogP contribution in [0.15, 0.2) is 72.8 Å². The molecule has 1 amide bonds. The summed E-state index contributed by atoms with van der Waals surface area (Å²) in [4.78, 5) is 34.8. The smallest absolute Gasteiger partial charge is 0.260 e. The van der Waals surface area contributed by atoms with Crippen LogP contribution in [0.2, 0.25) is 0 Å². The highest BCUT2D eigenvalue weighted by atomic mass is 35.5. The monoisotopic (exact) mass is 509 g/mol. The lowest BCUT2D eigenvalue weighted by Gasteiger charge is -2.21. The maximum Gasteiger partial charge on any atom is 0.260 e. The number of methoxy groups -OCH3 is 1. The van der Waals surface area contributed by atoms with Gasteiger partial charge in [-0.1, -0.05) is 53.8 Å². The van der Waals surface area contributed by atoms with Crippen LogP contribution in [0, 0.1) is 0 Å². The predicted octanol–water partition coefficient (Wildman–Crippen LogP) is 5.56. The summed E-state index contributed by atoms with van der Waals surface area (Å²) in [6, 6.07) is 21.7. The lowest BCUT2D eigenvalue weighted by Crippen LogP contribution is -2.33. The zero-order chi connectivity index (χ0) is 24.1. The molecule has 0 N–H and O–H groups in total. The van der Waals surface area contributed by atoms with E-state index in [1.54, 1.807) is 48.4 Å². The second kappa shape index (κ2) is 11.9. The quantitative estimate of drug-likeness (QED) is 0.276. The van der Waals surface area contributed by atoms with Gasteiger partial charge in [-0.3, -0.25) is 14.5 Å². The highest BCUT2D eigenvalue weighted by Crippen LogP contribution is 2.32. The van der Waals surface area contributed by atoms with Gasteiger partial charge in [0, 0.05) is 23.2 Å². The predicted molar refractivity (Wildman–Crippen MR) is 145 cm³/mol. The Bertz CT molecular complexity index is 1290. The number of halogens is 1. The third-order valence-corrected chi connectivity index (χ3v) is 6.52. The first-order chi connectivity index (χ1) is 16.5. The summed E-state index contributed by atoms with van der Waals surface area (Å²) in [6.07, 6.45) is 0.808. The third-order valence-electron chi connectivity index (χ3n) is 5.48. The average molecular weight is 510 g/mol. The van der Waals surface area contributed by atoms with Crippen molar-refractivity contribution in [3.05, 3.63) is 89.5 Å². The van der Waals surface area contributed by atoms with Gasteiger partial charge in [0.1, 0.15) is 5.75 Å². The van der Waals surface area contributed by atoms with Crippen LogP contribution >= 0.6 is 23.7 Å². The summed E-state index contributed by atoms with van der Waals surface area (Å²) < 4.78 is 6.29. The van der Waals surface area contributed by atoms with Crippen molar-refractivity contribution in [2.24, 2.45) is 0 Å². The number of rotatable bonds is 9. The van der Waals surface area contributed by atoms with Crippen LogP contribution in [0.3, 0.4) is 0 Å².